The fourth-order valence-corrected chi connectivity index (χ4v) is 2.51. The normalized spacial score (nSPS) is 10.9. The minimum atomic E-state index is -0.0124. The first-order valence-electron chi connectivity index (χ1n) is 8.37. The van der Waals surface area contributed by atoms with Crippen molar-refractivity contribution >= 4 is 23.7 Å². The number of carbonyl (C=O) groups excluding carboxylic acids is 1. The maximum Gasteiger partial charge on any atom is 0.224 e. The molecule has 1 N–H and O–H groups in total. The van der Waals surface area contributed by atoms with Crippen LogP contribution in [0.3, 0.4) is 0 Å². The van der Waals surface area contributed by atoms with Gasteiger partial charge < -0.3 is 9.73 Å². The molecule has 0 saturated heterocycles. The van der Waals surface area contributed by atoms with Gasteiger partial charge in [-0.1, -0.05) is 54.6 Å². The molecule has 1 heterocycles. The molecule has 3 heteroatoms. The summed E-state index contributed by atoms with van der Waals surface area (Å²) in [6.45, 7) is 1.90. The molecular formula is C22H21NO2. The van der Waals surface area contributed by atoms with E-state index in [-0.39, 0.29) is 5.91 Å². The van der Waals surface area contributed by atoms with E-state index in [1.165, 1.54) is 0 Å². The van der Waals surface area contributed by atoms with Crippen LogP contribution in [-0.4, -0.2) is 5.91 Å². The van der Waals surface area contributed by atoms with E-state index in [0.717, 1.165) is 28.3 Å². The zero-order chi connectivity index (χ0) is 17.5. The highest BCUT2D eigenvalue weighted by Gasteiger charge is 2.05. The molecule has 0 aliphatic rings. The SMILES string of the molecule is Cc1ccc(CCC(=O)Nc2ccc(C=Cc3ccccc3)cc2)o1. The van der Waals surface area contributed by atoms with E-state index in [0.29, 0.717) is 12.8 Å². The third kappa shape index (κ3) is 5.21. The van der Waals surface area contributed by atoms with Gasteiger partial charge in [0.05, 0.1) is 0 Å². The Hall–Kier alpha value is -3.07. The molecule has 3 nitrogen and oxygen atoms in total. The predicted molar refractivity (Wildman–Crippen MR) is 102 cm³/mol. The van der Waals surface area contributed by atoms with Crippen LogP contribution in [0.25, 0.3) is 12.2 Å². The van der Waals surface area contributed by atoms with Gasteiger partial charge in [-0.15, -0.1) is 0 Å². The fraction of sp³-hybridized carbons (Fsp3) is 0.136. The Morgan fingerprint density at radius 2 is 1.60 bits per heavy atom. The van der Waals surface area contributed by atoms with Crippen molar-refractivity contribution in [2.45, 2.75) is 19.8 Å². The fourth-order valence-electron chi connectivity index (χ4n) is 2.51. The number of carbonyl (C=O) groups is 1. The summed E-state index contributed by atoms with van der Waals surface area (Å²) in [6.07, 6.45) is 5.14. The number of furan rings is 1. The van der Waals surface area contributed by atoms with Gasteiger partial charge in [0.25, 0.3) is 0 Å². The third-order valence-corrected chi connectivity index (χ3v) is 3.86. The van der Waals surface area contributed by atoms with E-state index in [2.05, 4.69) is 29.6 Å². The van der Waals surface area contributed by atoms with Gasteiger partial charge in [0, 0.05) is 18.5 Å². The molecule has 1 aromatic heterocycles. The Bertz CT molecular complexity index is 845. The van der Waals surface area contributed by atoms with Gasteiger partial charge in [-0.2, -0.15) is 0 Å². The van der Waals surface area contributed by atoms with Crippen molar-refractivity contribution < 1.29 is 9.21 Å². The quantitative estimate of drug-likeness (QED) is 0.620. The number of nitrogens with one attached hydrogen (secondary N) is 1. The molecule has 126 valence electrons. The van der Waals surface area contributed by atoms with Crippen LogP contribution in [0.4, 0.5) is 5.69 Å². The van der Waals surface area contributed by atoms with Gasteiger partial charge in [-0.25, -0.2) is 0 Å². The molecule has 0 radical (unpaired) electrons. The van der Waals surface area contributed by atoms with Gasteiger partial charge in [-0.3, -0.25) is 4.79 Å². The first-order chi connectivity index (χ1) is 12.2. The first-order valence-corrected chi connectivity index (χ1v) is 8.37. The van der Waals surface area contributed by atoms with Crippen LogP contribution >= 0.6 is 0 Å². The Labute approximate surface area is 148 Å². The van der Waals surface area contributed by atoms with Crippen LogP contribution < -0.4 is 5.32 Å². The van der Waals surface area contributed by atoms with Gasteiger partial charge in [0.1, 0.15) is 11.5 Å². The minimum absolute atomic E-state index is 0.0124. The Kier molecular flexibility index (Phi) is 5.47. The zero-order valence-electron chi connectivity index (χ0n) is 14.2. The highest BCUT2D eigenvalue weighted by Crippen LogP contribution is 2.14. The summed E-state index contributed by atoms with van der Waals surface area (Å²) in [7, 11) is 0. The number of amides is 1. The number of hydrogen-bond acceptors (Lipinski definition) is 2. The molecular weight excluding hydrogens is 310 g/mol. The lowest BCUT2D eigenvalue weighted by Crippen LogP contribution is -2.12. The number of anilines is 1. The van der Waals surface area contributed by atoms with Crippen molar-refractivity contribution in [3.63, 3.8) is 0 Å². The second-order valence-electron chi connectivity index (χ2n) is 5.93. The van der Waals surface area contributed by atoms with Crippen LogP contribution in [0, 0.1) is 6.92 Å². The van der Waals surface area contributed by atoms with Gasteiger partial charge in [0.2, 0.25) is 5.91 Å². The molecule has 3 rings (SSSR count). The van der Waals surface area contributed by atoms with Crippen molar-refractivity contribution in [1.82, 2.24) is 0 Å². The van der Waals surface area contributed by atoms with Crippen molar-refractivity contribution in [2.24, 2.45) is 0 Å². The summed E-state index contributed by atoms with van der Waals surface area (Å²) in [6, 6.07) is 21.8. The van der Waals surface area contributed by atoms with Crippen LogP contribution in [0.5, 0.6) is 0 Å². The minimum Gasteiger partial charge on any atom is -0.466 e. The van der Waals surface area contributed by atoms with Crippen LogP contribution in [0.15, 0.2) is 71.1 Å². The summed E-state index contributed by atoms with van der Waals surface area (Å²) in [5.74, 6) is 1.70. The van der Waals surface area contributed by atoms with Gasteiger partial charge >= 0.3 is 0 Å². The summed E-state index contributed by atoms with van der Waals surface area (Å²) in [4.78, 5) is 12.0. The summed E-state index contributed by atoms with van der Waals surface area (Å²) < 4.78 is 5.48. The molecule has 2 aromatic carbocycles. The van der Waals surface area contributed by atoms with Crippen molar-refractivity contribution in [3.05, 3.63) is 89.4 Å². The number of benzene rings is 2. The standard InChI is InChI=1S/C22H21NO2/c1-17-7-14-21(25-17)15-16-22(24)23-20-12-10-19(11-13-20)9-8-18-5-3-2-4-6-18/h2-14H,15-16H2,1H3,(H,23,24). The highest BCUT2D eigenvalue weighted by molar-refractivity contribution is 5.91. The number of aryl methyl sites for hydroxylation is 2. The molecule has 0 fully saturated rings. The lowest BCUT2D eigenvalue weighted by molar-refractivity contribution is -0.116. The molecule has 0 atom stereocenters. The molecule has 3 aromatic rings. The molecule has 25 heavy (non-hydrogen) atoms. The van der Waals surface area contributed by atoms with Crippen molar-refractivity contribution in [3.8, 4) is 0 Å². The summed E-state index contributed by atoms with van der Waals surface area (Å²) in [5.41, 5.74) is 3.05. The maximum absolute atomic E-state index is 12.0. The van der Waals surface area contributed by atoms with E-state index in [9.17, 15) is 4.79 Å². The van der Waals surface area contributed by atoms with E-state index < -0.39 is 0 Å². The number of rotatable bonds is 6. The average Bonchev–Trinajstić information content (AvgIpc) is 3.06. The monoisotopic (exact) mass is 331 g/mol. The lowest BCUT2D eigenvalue weighted by atomic mass is 10.1. The van der Waals surface area contributed by atoms with Crippen LogP contribution in [0.2, 0.25) is 0 Å². The zero-order valence-corrected chi connectivity index (χ0v) is 14.2. The molecule has 1 amide bonds. The van der Waals surface area contributed by atoms with E-state index in [1.54, 1.807) is 0 Å². The summed E-state index contributed by atoms with van der Waals surface area (Å²) >= 11 is 0. The van der Waals surface area contributed by atoms with Crippen LogP contribution in [0.1, 0.15) is 29.1 Å². The topological polar surface area (TPSA) is 42.2 Å². The predicted octanol–water partition coefficient (Wildman–Crippen LogP) is 5.33. The smallest absolute Gasteiger partial charge is 0.224 e. The molecule has 0 bridgehead atoms. The van der Waals surface area contributed by atoms with E-state index in [4.69, 9.17) is 4.42 Å². The van der Waals surface area contributed by atoms with E-state index >= 15 is 0 Å². The first kappa shape index (κ1) is 16.8. The average molecular weight is 331 g/mol. The largest absolute Gasteiger partial charge is 0.466 e. The van der Waals surface area contributed by atoms with Crippen molar-refractivity contribution in [2.75, 3.05) is 5.32 Å². The summed E-state index contributed by atoms with van der Waals surface area (Å²) in [5, 5.41) is 2.92. The lowest BCUT2D eigenvalue weighted by Gasteiger charge is -2.05. The van der Waals surface area contributed by atoms with Gasteiger partial charge in [-0.05, 0) is 42.3 Å². The Balaban J connectivity index is 1.51. The third-order valence-electron chi connectivity index (χ3n) is 3.86. The van der Waals surface area contributed by atoms with Crippen molar-refractivity contribution in [1.29, 1.82) is 0 Å². The molecule has 0 aliphatic carbocycles. The Morgan fingerprint density at radius 1 is 0.920 bits per heavy atom. The molecule has 0 aliphatic heterocycles. The van der Waals surface area contributed by atoms with Crippen LogP contribution in [-0.2, 0) is 11.2 Å². The highest BCUT2D eigenvalue weighted by atomic mass is 16.3. The van der Waals surface area contributed by atoms with E-state index in [1.807, 2.05) is 61.5 Å². The molecule has 0 unspecified atom stereocenters. The molecule has 0 saturated carbocycles. The Morgan fingerprint density at radius 3 is 2.24 bits per heavy atom. The molecule has 0 spiro atoms. The maximum atomic E-state index is 12.0. The second-order valence-corrected chi connectivity index (χ2v) is 5.93. The number of hydrogen-bond donors (Lipinski definition) is 1. The van der Waals surface area contributed by atoms with Gasteiger partial charge in [0.15, 0.2) is 0 Å². The second kappa shape index (κ2) is 8.15.